The van der Waals surface area contributed by atoms with Gasteiger partial charge in [-0.25, -0.2) is 4.79 Å². The van der Waals surface area contributed by atoms with Crippen molar-refractivity contribution in [3.63, 3.8) is 0 Å². The van der Waals surface area contributed by atoms with Crippen LogP contribution in [0.25, 0.3) is 0 Å². The largest absolute Gasteiger partial charge is 0.458 e. The van der Waals surface area contributed by atoms with Gasteiger partial charge in [-0.15, -0.1) is 0 Å². The third-order valence-corrected chi connectivity index (χ3v) is 2.23. The lowest BCUT2D eigenvalue weighted by molar-refractivity contribution is -0.165. The highest BCUT2D eigenvalue weighted by Gasteiger charge is 2.22. The van der Waals surface area contributed by atoms with Crippen LogP contribution in [-0.2, 0) is 16.0 Å². The molecule has 0 radical (unpaired) electrons. The van der Waals surface area contributed by atoms with E-state index in [1.165, 1.54) is 0 Å². The molecule has 1 aromatic rings. The Morgan fingerprint density at radius 3 is 2.41 bits per heavy atom. The maximum Gasteiger partial charge on any atom is 0.335 e. The molecule has 0 saturated carbocycles. The van der Waals surface area contributed by atoms with Crippen LogP contribution >= 0.6 is 0 Å². The molecule has 0 aliphatic rings. The van der Waals surface area contributed by atoms with Crippen molar-refractivity contribution in [1.82, 2.24) is 0 Å². The molecule has 3 heteroatoms. The fraction of sp³-hybridized carbons (Fsp3) is 0.500. The second kappa shape index (κ2) is 5.82. The van der Waals surface area contributed by atoms with E-state index in [1.54, 1.807) is 20.8 Å². The summed E-state index contributed by atoms with van der Waals surface area (Å²) in [5.74, 6) is -0.548. The summed E-state index contributed by atoms with van der Waals surface area (Å²) in [4.78, 5) is 11.5. The molecule has 0 aliphatic carbocycles. The first kappa shape index (κ1) is 13.7. The predicted molar refractivity (Wildman–Crippen MR) is 66.6 cm³/mol. The van der Waals surface area contributed by atoms with Gasteiger partial charge in [-0.2, -0.15) is 0 Å². The highest BCUT2D eigenvalue weighted by Crippen LogP contribution is 2.11. The Balaban J connectivity index is 2.40. The molecule has 1 N–H and O–H groups in total. The number of ether oxygens (including phenoxy) is 1. The van der Waals surface area contributed by atoms with E-state index in [1.807, 2.05) is 30.3 Å². The van der Waals surface area contributed by atoms with Gasteiger partial charge in [-0.1, -0.05) is 30.3 Å². The number of aryl methyl sites for hydroxylation is 1. The maximum atomic E-state index is 11.5. The van der Waals surface area contributed by atoms with Crippen molar-refractivity contribution in [3.05, 3.63) is 35.9 Å². The lowest BCUT2D eigenvalue weighted by Crippen LogP contribution is -2.32. The minimum Gasteiger partial charge on any atom is -0.458 e. The number of aliphatic hydroxyl groups is 1. The smallest absolute Gasteiger partial charge is 0.335 e. The van der Waals surface area contributed by atoms with Gasteiger partial charge in [0, 0.05) is 0 Å². The van der Waals surface area contributed by atoms with E-state index in [9.17, 15) is 9.90 Å². The highest BCUT2D eigenvalue weighted by molar-refractivity contribution is 5.74. The van der Waals surface area contributed by atoms with Crippen LogP contribution in [0.5, 0.6) is 0 Å². The minimum absolute atomic E-state index is 0.388. The van der Waals surface area contributed by atoms with E-state index in [4.69, 9.17) is 4.74 Å². The van der Waals surface area contributed by atoms with E-state index in [0.29, 0.717) is 12.8 Å². The third-order valence-electron chi connectivity index (χ3n) is 2.23. The number of carbonyl (C=O) groups is 1. The molecule has 3 nitrogen and oxygen atoms in total. The fourth-order valence-corrected chi connectivity index (χ4v) is 1.44. The number of hydrogen-bond donors (Lipinski definition) is 1. The number of esters is 1. The third kappa shape index (κ3) is 5.50. The molecular weight excluding hydrogens is 216 g/mol. The van der Waals surface area contributed by atoms with Crippen molar-refractivity contribution in [3.8, 4) is 0 Å². The molecule has 0 unspecified atom stereocenters. The summed E-state index contributed by atoms with van der Waals surface area (Å²) >= 11 is 0. The van der Waals surface area contributed by atoms with Crippen molar-refractivity contribution >= 4 is 5.97 Å². The van der Waals surface area contributed by atoms with Crippen LogP contribution in [0, 0.1) is 0 Å². The summed E-state index contributed by atoms with van der Waals surface area (Å²) in [6.07, 6.45) is 0.00891. The van der Waals surface area contributed by atoms with Crippen molar-refractivity contribution in [2.45, 2.75) is 45.3 Å². The van der Waals surface area contributed by atoms with Gasteiger partial charge in [0.05, 0.1) is 0 Å². The number of rotatable bonds is 4. The summed E-state index contributed by atoms with van der Waals surface area (Å²) in [5.41, 5.74) is 0.556. The number of carbonyl (C=O) groups excluding carboxylic acids is 1. The normalized spacial score (nSPS) is 13.2. The Kier molecular flexibility index (Phi) is 4.70. The van der Waals surface area contributed by atoms with Crippen molar-refractivity contribution in [1.29, 1.82) is 0 Å². The lowest BCUT2D eigenvalue weighted by atomic mass is 10.1. The molecule has 94 valence electrons. The Morgan fingerprint density at radius 2 is 1.88 bits per heavy atom. The van der Waals surface area contributed by atoms with Gasteiger partial charge in [-0.05, 0) is 39.2 Å². The quantitative estimate of drug-likeness (QED) is 0.816. The molecule has 17 heavy (non-hydrogen) atoms. The summed E-state index contributed by atoms with van der Waals surface area (Å²) in [6, 6.07) is 9.77. The van der Waals surface area contributed by atoms with E-state index in [2.05, 4.69) is 0 Å². The summed E-state index contributed by atoms with van der Waals surface area (Å²) < 4.78 is 5.10. The van der Waals surface area contributed by atoms with Crippen LogP contribution in [-0.4, -0.2) is 22.8 Å². The average Bonchev–Trinajstić information content (AvgIpc) is 2.25. The molecule has 1 rings (SSSR count). The molecule has 0 bridgehead atoms. The molecule has 0 amide bonds. The zero-order chi connectivity index (χ0) is 12.9. The molecule has 0 fully saturated rings. The zero-order valence-electron chi connectivity index (χ0n) is 10.6. The van der Waals surface area contributed by atoms with Crippen LogP contribution in [0.15, 0.2) is 30.3 Å². The number of aliphatic hydroxyl groups excluding tert-OH is 1. The molecule has 1 aromatic carbocycles. The van der Waals surface area contributed by atoms with Crippen molar-refractivity contribution in [2.75, 3.05) is 0 Å². The van der Waals surface area contributed by atoms with Crippen molar-refractivity contribution in [2.24, 2.45) is 0 Å². The molecule has 0 aromatic heterocycles. The van der Waals surface area contributed by atoms with Gasteiger partial charge < -0.3 is 9.84 Å². The molecule has 0 heterocycles. The minimum atomic E-state index is -1.05. The number of hydrogen-bond acceptors (Lipinski definition) is 3. The van der Waals surface area contributed by atoms with E-state index in [0.717, 1.165) is 5.56 Å². The highest BCUT2D eigenvalue weighted by atomic mass is 16.6. The van der Waals surface area contributed by atoms with Gasteiger partial charge in [0.2, 0.25) is 0 Å². The Morgan fingerprint density at radius 1 is 1.29 bits per heavy atom. The maximum absolute atomic E-state index is 11.5. The van der Waals surface area contributed by atoms with E-state index < -0.39 is 17.7 Å². The van der Waals surface area contributed by atoms with E-state index in [-0.39, 0.29) is 0 Å². The van der Waals surface area contributed by atoms with Crippen LogP contribution in [0.3, 0.4) is 0 Å². The predicted octanol–water partition coefficient (Wildman–Crippen LogP) is 2.32. The monoisotopic (exact) mass is 236 g/mol. The molecule has 0 saturated heterocycles. The van der Waals surface area contributed by atoms with Crippen LogP contribution in [0.1, 0.15) is 32.8 Å². The fourth-order valence-electron chi connectivity index (χ4n) is 1.44. The van der Waals surface area contributed by atoms with Gasteiger partial charge in [-0.3, -0.25) is 0 Å². The second-order valence-electron chi connectivity index (χ2n) is 5.07. The summed E-state index contributed by atoms with van der Waals surface area (Å²) in [5, 5.41) is 9.67. The Labute approximate surface area is 102 Å². The second-order valence-corrected chi connectivity index (χ2v) is 5.07. The van der Waals surface area contributed by atoms with Gasteiger partial charge >= 0.3 is 5.97 Å². The van der Waals surface area contributed by atoms with Gasteiger partial charge in [0.1, 0.15) is 5.60 Å². The molecule has 1 atom stereocenters. The summed E-state index contributed by atoms with van der Waals surface area (Å²) in [7, 11) is 0. The molecular formula is C14H20O3. The zero-order valence-corrected chi connectivity index (χ0v) is 10.6. The van der Waals surface area contributed by atoms with Gasteiger partial charge in [0.25, 0.3) is 0 Å². The topological polar surface area (TPSA) is 46.5 Å². The summed E-state index contributed by atoms with van der Waals surface area (Å²) in [6.45, 7) is 5.36. The first-order valence-electron chi connectivity index (χ1n) is 5.83. The first-order chi connectivity index (χ1) is 7.88. The SMILES string of the molecule is CC(C)(C)OC(=O)[C@@H](O)CCc1ccccc1. The number of benzene rings is 1. The Bertz CT molecular complexity index is 351. The van der Waals surface area contributed by atoms with Crippen LogP contribution in [0.4, 0.5) is 0 Å². The first-order valence-corrected chi connectivity index (χ1v) is 5.83. The van der Waals surface area contributed by atoms with Crippen LogP contribution in [0.2, 0.25) is 0 Å². The van der Waals surface area contributed by atoms with Crippen molar-refractivity contribution < 1.29 is 14.6 Å². The van der Waals surface area contributed by atoms with Gasteiger partial charge in [0.15, 0.2) is 6.10 Å². The molecule has 0 spiro atoms. The lowest BCUT2D eigenvalue weighted by Gasteiger charge is -2.21. The Hall–Kier alpha value is -1.35. The van der Waals surface area contributed by atoms with Crippen LogP contribution < -0.4 is 0 Å². The average molecular weight is 236 g/mol. The standard InChI is InChI=1S/C14H20O3/c1-14(2,3)17-13(16)12(15)10-9-11-7-5-4-6-8-11/h4-8,12,15H,9-10H2,1-3H3/t12-/m0/s1. The van der Waals surface area contributed by atoms with E-state index >= 15 is 0 Å². The molecule has 0 aliphatic heterocycles.